The number of hydrogen-bond donors (Lipinski definition) is 1. The molecule has 1 heterocycles. The van der Waals surface area contributed by atoms with Crippen LogP contribution in [0.25, 0.3) is 0 Å². The molecule has 0 aliphatic carbocycles. The predicted molar refractivity (Wildman–Crippen MR) is 64.1 cm³/mol. The summed E-state index contributed by atoms with van der Waals surface area (Å²) in [6.07, 6.45) is 0.948. The normalized spacial score (nSPS) is 31.5. The van der Waals surface area contributed by atoms with Gasteiger partial charge in [0.15, 0.2) is 17.5 Å². The number of hydrogen-bond acceptors (Lipinski definition) is 2. The number of rotatable bonds is 2. The Morgan fingerprint density at radius 3 is 2.58 bits per heavy atom. The Bertz CT molecular complexity index is 492. The van der Waals surface area contributed by atoms with Crippen LogP contribution in [0.2, 0.25) is 0 Å². The van der Waals surface area contributed by atoms with E-state index in [0.29, 0.717) is 6.42 Å². The van der Waals surface area contributed by atoms with Crippen LogP contribution in [-0.4, -0.2) is 17.3 Å². The van der Waals surface area contributed by atoms with Gasteiger partial charge in [-0.3, -0.25) is 0 Å². The second-order valence-electron chi connectivity index (χ2n) is 5.33. The van der Waals surface area contributed by atoms with Crippen LogP contribution in [0.4, 0.5) is 13.2 Å². The Morgan fingerprint density at radius 1 is 1.26 bits per heavy atom. The molecule has 1 aliphatic rings. The molecule has 1 aliphatic heterocycles. The average molecular weight is 274 g/mol. The van der Waals surface area contributed by atoms with Crippen LogP contribution in [0.1, 0.15) is 38.7 Å². The molecule has 2 atom stereocenters. The fraction of sp³-hybridized carbons (Fsp3) is 0.571. The SMILES string of the molecule is CCC1(C)CC(O)(c2ccc(F)c(F)c2F)CCO1. The fourth-order valence-corrected chi connectivity index (χ4v) is 2.57. The largest absolute Gasteiger partial charge is 0.385 e. The van der Waals surface area contributed by atoms with Gasteiger partial charge in [-0.25, -0.2) is 13.2 Å². The first-order valence-corrected chi connectivity index (χ1v) is 6.32. The lowest BCUT2D eigenvalue weighted by atomic mass is 9.77. The molecule has 1 aromatic carbocycles. The fourth-order valence-electron chi connectivity index (χ4n) is 2.57. The molecule has 5 heteroatoms. The first-order valence-electron chi connectivity index (χ1n) is 6.32. The molecule has 19 heavy (non-hydrogen) atoms. The zero-order chi connectivity index (χ0) is 14.3. The molecule has 2 rings (SSSR count). The van der Waals surface area contributed by atoms with E-state index in [0.717, 1.165) is 12.1 Å². The molecule has 0 saturated carbocycles. The highest BCUT2D eigenvalue weighted by molar-refractivity contribution is 5.27. The van der Waals surface area contributed by atoms with Gasteiger partial charge in [-0.05, 0) is 19.4 Å². The molecule has 1 aromatic rings. The van der Waals surface area contributed by atoms with Crippen LogP contribution in [0.3, 0.4) is 0 Å². The predicted octanol–water partition coefficient (Wildman–Crippen LogP) is 3.27. The monoisotopic (exact) mass is 274 g/mol. The molecule has 1 saturated heterocycles. The van der Waals surface area contributed by atoms with Crippen molar-refractivity contribution in [1.29, 1.82) is 0 Å². The van der Waals surface area contributed by atoms with Crippen LogP contribution in [-0.2, 0) is 10.3 Å². The maximum atomic E-state index is 13.8. The number of ether oxygens (including phenoxy) is 1. The van der Waals surface area contributed by atoms with Crippen molar-refractivity contribution in [3.05, 3.63) is 35.1 Å². The lowest BCUT2D eigenvalue weighted by Gasteiger charge is -2.43. The summed E-state index contributed by atoms with van der Waals surface area (Å²) >= 11 is 0. The zero-order valence-electron chi connectivity index (χ0n) is 11.0. The van der Waals surface area contributed by atoms with Gasteiger partial charge in [0.2, 0.25) is 0 Å². The van der Waals surface area contributed by atoms with Crippen LogP contribution < -0.4 is 0 Å². The van der Waals surface area contributed by atoms with E-state index in [1.54, 1.807) is 0 Å². The second-order valence-corrected chi connectivity index (χ2v) is 5.33. The summed E-state index contributed by atoms with van der Waals surface area (Å²) in [5.41, 5.74) is -2.32. The molecule has 0 radical (unpaired) electrons. The highest BCUT2D eigenvalue weighted by atomic mass is 19.2. The van der Waals surface area contributed by atoms with Gasteiger partial charge in [0.1, 0.15) is 0 Å². The van der Waals surface area contributed by atoms with Gasteiger partial charge in [-0.15, -0.1) is 0 Å². The third kappa shape index (κ3) is 2.49. The summed E-state index contributed by atoms with van der Waals surface area (Å²) < 4.78 is 45.7. The minimum absolute atomic E-state index is 0.151. The molecule has 1 N–H and O–H groups in total. The highest BCUT2D eigenvalue weighted by Gasteiger charge is 2.44. The van der Waals surface area contributed by atoms with Crippen LogP contribution >= 0.6 is 0 Å². The minimum atomic E-state index is -1.55. The Balaban J connectivity index is 2.42. The van der Waals surface area contributed by atoms with Crippen LogP contribution in [0, 0.1) is 17.5 Å². The lowest BCUT2D eigenvalue weighted by molar-refractivity contribution is -0.158. The van der Waals surface area contributed by atoms with Crippen molar-refractivity contribution >= 4 is 0 Å². The molecule has 2 nitrogen and oxygen atoms in total. The third-order valence-corrected chi connectivity index (χ3v) is 3.92. The third-order valence-electron chi connectivity index (χ3n) is 3.92. The van der Waals surface area contributed by atoms with Gasteiger partial charge in [-0.1, -0.05) is 13.0 Å². The smallest absolute Gasteiger partial charge is 0.194 e. The van der Waals surface area contributed by atoms with E-state index in [1.807, 2.05) is 13.8 Å². The number of benzene rings is 1. The van der Waals surface area contributed by atoms with Crippen molar-refractivity contribution in [1.82, 2.24) is 0 Å². The van der Waals surface area contributed by atoms with Gasteiger partial charge in [-0.2, -0.15) is 0 Å². The average Bonchev–Trinajstić information content (AvgIpc) is 2.35. The van der Waals surface area contributed by atoms with Gasteiger partial charge in [0, 0.05) is 18.4 Å². The zero-order valence-corrected chi connectivity index (χ0v) is 11.0. The van der Waals surface area contributed by atoms with E-state index < -0.39 is 28.7 Å². The first-order chi connectivity index (χ1) is 8.81. The molecule has 2 unspecified atom stereocenters. The molecule has 0 aromatic heterocycles. The van der Waals surface area contributed by atoms with Gasteiger partial charge in [0.05, 0.1) is 17.8 Å². The molecular formula is C14H17F3O2. The van der Waals surface area contributed by atoms with E-state index in [2.05, 4.69) is 0 Å². The van der Waals surface area contributed by atoms with E-state index in [-0.39, 0.29) is 25.0 Å². The Labute approximate surface area is 110 Å². The van der Waals surface area contributed by atoms with E-state index in [1.165, 1.54) is 0 Å². The summed E-state index contributed by atoms with van der Waals surface area (Å²) in [4.78, 5) is 0. The van der Waals surface area contributed by atoms with Crippen molar-refractivity contribution in [2.45, 2.75) is 44.3 Å². The summed E-state index contributed by atoms with van der Waals surface area (Å²) in [6.45, 7) is 3.96. The van der Waals surface area contributed by atoms with Crippen LogP contribution in [0.5, 0.6) is 0 Å². The Morgan fingerprint density at radius 2 is 1.95 bits per heavy atom. The molecule has 1 fully saturated rings. The molecule has 106 valence electrons. The topological polar surface area (TPSA) is 29.5 Å². The van der Waals surface area contributed by atoms with E-state index in [9.17, 15) is 18.3 Å². The van der Waals surface area contributed by atoms with Gasteiger partial charge in [0.25, 0.3) is 0 Å². The summed E-state index contributed by atoms with van der Waals surface area (Å²) in [5.74, 6) is -4.12. The first kappa shape index (κ1) is 14.3. The van der Waals surface area contributed by atoms with Crippen molar-refractivity contribution in [2.75, 3.05) is 6.61 Å². The molecule has 0 bridgehead atoms. The summed E-state index contributed by atoms with van der Waals surface area (Å²) in [6, 6.07) is 1.94. The van der Waals surface area contributed by atoms with Crippen molar-refractivity contribution in [2.24, 2.45) is 0 Å². The number of aliphatic hydroxyl groups is 1. The summed E-state index contributed by atoms with van der Waals surface area (Å²) in [5, 5.41) is 10.6. The van der Waals surface area contributed by atoms with E-state index >= 15 is 0 Å². The molecule has 0 amide bonds. The number of halogens is 3. The molecular weight excluding hydrogens is 257 g/mol. The minimum Gasteiger partial charge on any atom is -0.385 e. The maximum absolute atomic E-state index is 13.8. The lowest BCUT2D eigenvalue weighted by Crippen LogP contribution is -2.45. The van der Waals surface area contributed by atoms with Gasteiger partial charge < -0.3 is 9.84 Å². The van der Waals surface area contributed by atoms with Crippen molar-refractivity contribution in [3.63, 3.8) is 0 Å². The van der Waals surface area contributed by atoms with Crippen LogP contribution in [0.15, 0.2) is 12.1 Å². The van der Waals surface area contributed by atoms with E-state index in [4.69, 9.17) is 4.74 Å². The quantitative estimate of drug-likeness (QED) is 0.839. The maximum Gasteiger partial charge on any atom is 0.194 e. The molecule has 0 spiro atoms. The Hall–Kier alpha value is -1.07. The van der Waals surface area contributed by atoms with Crippen molar-refractivity contribution < 1.29 is 23.0 Å². The second kappa shape index (κ2) is 4.80. The van der Waals surface area contributed by atoms with Crippen molar-refractivity contribution in [3.8, 4) is 0 Å². The summed E-state index contributed by atoms with van der Waals surface area (Å²) in [7, 11) is 0. The highest BCUT2D eigenvalue weighted by Crippen LogP contribution is 2.42. The van der Waals surface area contributed by atoms with Gasteiger partial charge >= 0.3 is 0 Å². The Kier molecular flexibility index (Phi) is 3.62. The standard InChI is InChI=1S/C14H17F3O2/c1-3-13(2)8-14(18,6-7-19-13)9-4-5-10(15)12(17)11(9)16/h4-5,18H,3,6-8H2,1-2H3.